The molecule has 3 rings (SSSR count). The molecule has 0 aromatic heterocycles. The zero-order valence-electron chi connectivity index (χ0n) is 17.2. The first-order valence-corrected chi connectivity index (χ1v) is 10.0. The van der Waals surface area contributed by atoms with Crippen LogP contribution in [0, 0.1) is 5.92 Å². The Hall–Kier alpha value is -2.77. The van der Waals surface area contributed by atoms with Gasteiger partial charge in [-0.25, -0.2) is 4.79 Å². The largest absolute Gasteiger partial charge is 0.493 e. The summed E-state index contributed by atoms with van der Waals surface area (Å²) < 4.78 is 10.5. The SMILES string of the molecule is COc1ccc(CCNC(=O)CN2C(=O)NC3(CCCCC3C)C2=O)cc1OC. The second-order valence-electron chi connectivity index (χ2n) is 7.73. The highest BCUT2D eigenvalue weighted by Gasteiger charge is 2.55. The first-order valence-electron chi connectivity index (χ1n) is 10.0. The molecule has 0 radical (unpaired) electrons. The van der Waals surface area contributed by atoms with E-state index in [-0.39, 0.29) is 24.3 Å². The van der Waals surface area contributed by atoms with Crippen LogP contribution in [-0.4, -0.2) is 55.6 Å². The molecule has 2 fully saturated rings. The summed E-state index contributed by atoms with van der Waals surface area (Å²) >= 11 is 0. The van der Waals surface area contributed by atoms with Crippen LogP contribution in [0.3, 0.4) is 0 Å². The molecule has 1 aliphatic heterocycles. The molecule has 4 amide bonds. The Bertz CT molecular complexity index is 797. The molecule has 1 aliphatic carbocycles. The zero-order chi connectivity index (χ0) is 21.0. The predicted molar refractivity (Wildman–Crippen MR) is 107 cm³/mol. The highest BCUT2D eigenvalue weighted by Crippen LogP contribution is 2.38. The average Bonchev–Trinajstić information content (AvgIpc) is 2.95. The van der Waals surface area contributed by atoms with E-state index in [4.69, 9.17) is 9.47 Å². The minimum absolute atomic E-state index is 0.0748. The van der Waals surface area contributed by atoms with Gasteiger partial charge in [-0.2, -0.15) is 0 Å². The molecular weight excluding hydrogens is 374 g/mol. The van der Waals surface area contributed by atoms with Gasteiger partial charge in [0.1, 0.15) is 12.1 Å². The van der Waals surface area contributed by atoms with Crippen LogP contribution in [0.1, 0.15) is 38.2 Å². The number of amides is 4. The van der Waals surface area contributed by atoms with E-state index in [2.05, 4.69) is 10.6 Å². The van der Waals surface area contributed by atoms with Crippen molar-refractivity contribution in [1.82, 2.24) is 15.5 Å². The molecule has 0 bridgehead atoms. The Kier molecular flexibility index (Phi) is 6.30. The lowest BCUT2D eigenvalue weighted by Crippen LogP contribution is -2.54. The van der Waals surface area contributed by atoms with E-state index in [1.54, 1.807) is 14.2 Å². The Morgan fingerprint density at radius 2 is 2.00 bits per heavy atom. The molecule has 1 aromatic rings. The molecule has 1 aromatic carbocycles. The smallest absolute Gasteiger partial charge is 0.325 e. The number of rotatable bonds is 7. The van der Waals surface area contributed by atoms with Gasteiger partial charge in [0.25, 0.3) is 5.91 Å². The monoisotopic (exact) mass is 403 g/mol. The number of benzene rings is 1. The molecule has 2 atom stereocenters. The average molecular weight is 403 g/mol. The molecule has 1 heterocycles. The van der Waals surface area contributed by atoms with E-state index < -0.39 is 11.6 Å². The summed E-state index contributed by atoms with van der Waals surface area (Å²) in [5.74, 6) is 0.720. The second-order valence-corrected chi connectivity index (χ2v) is 7.73. The van der Waals surface area contributed by atoms with Gasteiger partial charge in [0.05, 0.1) is 14.2 Å². The number of urea groups is 1. The van der Waals surface area contributed by atoms with Crippen LogP contribution in [0.5, 0.6) is 11.5 Å². The molecule has 1 saturated carbocycles. The number of carbonyl (C=O) groups is 3. The summed E-state index contributed by atoms with van der Waals surface area (Å²) in [5.41, 5.74) is 0.142. The second kappa shape index (κ2) is 8.71. The Balaban J connectivity index is 1.53. The lowest BCUT2D eigenvalue weighted by Gasteiger charge is -2.36. The van der Waals surface area contributed by atoms with Gasteiger partial charge >= 0.3 is 6.03 Å². The number of carbonyl (C=O) groups excluding carboxylic acids is 3. The molecule has 29 heavy (non-hydrogen) atoms. The maximum atomic E-state index is 12.9. The van der Waals surface area contributed by atoms with Crippen LogP contribution in [0.4, 0.5) is 4.79 Å². The third-order valence-corrected chi connectivity index (χ3v) is 5.99. The van der Waals surface area contributed by atoms with E-state index in [9.17, 15) is 14.4 Å². The molecule has 8 heteroatoms. The topological polar surface area (TPSA) is 97.0 Å². The third kappa shape index (κ3) is 4.16. The summed E-state index contributed by atoms with van der Waals surface area (Å²) in [7, 11) is 3.15. The van der Waals surface area contributed by atoms with Crippen LogP contribution in [-0.2, 0) is 16.0 Å². The summed E-state index contributed by atoms with van der Waals surface area (Å²) in [6.45, 7) is 2.12. The number of hydrogen-bond donors (Lipinski definition) is 2. The van der Waals surface area contributed by atoms with Crippen molar-refractivity contribution in [2.24, 2.45) is 5.92 Å². The highest BCUT2D eigenvalue weighted by molar-refractivity contribution is 6.09. The van der Waals surface area contributed by atoms with Crippen molar-refractivity contribution >= 4 is 17.8 Å². The molecule has 1 saturated heterocycles. The fourth-order valence-corrected chi connectivity index (χ4v) is 4.22. The Labute approximate surface area is 170 Å². The van der Waals surface area contributed by atoms with Crippen LogP contribution >= 0.6 is 0 Å². The quantitative estimate of drug-likeness (QED) is 0.678. The summed E-state index contributed by atoms with van der Waals surface area (Å²) in [4.78, 5) is 38.6. The van der Waals surface area contributed by atoms with Crippen molar-refractivity contribution in [2.75, 3.05) is 27.3 Å². The van der Waals surface area contributed by atoms with Gasteiger partial charge in [-0.15, -0.1) is 0 Å². The lowest BCUT2D eigenvalue weighted by atomic mass is 9.73. The zero-order valence-corrected chi connectivity index (χ0v) is 17.2. The van der Waals surface area contributed by atoms with Gasteiger partial charge in [0.15, 0.2) is 11.5 Å². The maximum absolute atomic E-state index is 12.9. The molecule has 2 aliphatic rings. The number of nitrogens with one attached hydrogen (secondary N) is 2. The van der Waals surface area contributed by atoms with E-state index in [1.807, 2.05) is 25.1 Å². The normalized spacial score (nSPS) is 23.8. The van der Waals surface area contributed by atoms with E-state index >= 15 is 0 Å². The van der Waals surface area contributed by atoms with Crippen molar-refractivity contribution in [1.29, 1.82) is 0 Å². The summed E-state index contributed by atoms with van der Waals surface area (Å²) in [6, 6.07) is 5.10. The predicted octanol–water partition coefficient (Wildman–Crippen LogP) is 1.86. The van der Waals surface area contributed by atoms with Gasteiger partial charge in [0.2, 0.25) is 5.91 Å². The fraction of sp³-hybridized carbons (Fsp3) is 0.571. The summed E-state index contributed by atoms with van der Waals surface area (Å²) in [5, 5.41) is 5.64. The first kappa shape index (κ1) is 21.0. The fourth-order valence-electron chi connectivity index (χ4n) is 4.22. The third-order valence-electron chi connectivity index (χ3n) is 5.99. The lowest BCUT2D eigenvalue weighted by molar-refractivity contribution is -0.137. The van der Waals surface area contributed by atoms with Crippen LogP contribution < -0.4 is 20.1 Å². The van der Waals surface area contributed by atoms with E-state index in [0.717, 1.165) is 29.7 Å². The van der Waals surface area contributed by atoms with E-state index in [0.29, 0.717) is 30.9 Å². The number of methoxy groups -OCH3 is 2. The molecule has 2 N–H and O–H groups in total. The first-order chi connectivity index (χ1) is 13.9. The Morgan fingerprint density at radius 3 is 2.69 bits per heavy atom. The maximum Gasteiger partial charge on any atom is 0.325 e. The van der Waals surface area contributed by atoms with Crippen molar-refractivity contribution in [3.8, 4) is 11.5 Å². The highest BCUT2D eigenvalue weighted by atomic mass is 16.5. The number of hydrogen-bond acceptors (Lipinski definition) is 5. The molecular formula is C21H29N3O5. The number of ether oxygens (including phenoxy) is 2. The van der Waals surface area contributed by atoms with Crippen molar-refractivity contribution in [3.05, 3.63) is 23.8 Å². The minimum atomic E-state index is -0.838. The van der Waals surface area contributed by atoms with Gasteiger partial charge in [-0.1, -0.05) is 25.8 Å². The van der Waals surface area contributed by atoms with Crippen molar-refractivity contribution in [2.45, 2.75) is 44.6 Å². The molecule has 2 unspecified atom stereocenters. The Morgan fingerprint density at radius 1 is 1.24 bits per heavy atom. The molecule has 8 nitrogen and oxygen atoms in total. The van der Waals surface area contributed by atoms with Crippen LogP contribution in [0.2, 0.25) is 0 Å². The van der Waals surface area contributed by atoms with Gasteiger partial charge in [-0.05, 0) is 42.9 Å². The molecule has 158 valence electrons. The summed E-state index contributed by atoms with van der Waals surface area (Å²) in [6.07, 6.45) is 4.09. The minimum Gasteiger partial charge on any atom is -0.493 e. The van der Waals surface area contributed by atoms with Crippen LogP contribution in [0.15, 0.2) is 18.2 Å². The molecule has 1 spiro atoms. The number of imide groups is 1. The van der Waals surface area contributed by atoms with Crippen LogP contribution in [0.25, 0.3) is 0 Å². The van der Waals surface area contributed by atoms with Gasteiger partial charge in [0, 0.05) is 6.54 Å². The van der Waals surface area contributed by atoms with Crippen molar-refractivity contribution in [3.63, 3.8) is 0 Å². The van der Waals surface area contributed by atoms with E-state index in [1.165, 1.54) is 0 Å². The number of nitrogens with zero attached hydrogens (tertiary/aromatic N) is 1. The van der Waals surface area contributed by atoms with Crippen molar-refractivity contribution < 1.29 is 23.9 Å². The standard InChI is InChI=1S/C21H29N3O5/c1-14-6-4-5-10-21(14)19(26)24(20(27)23-21)13-18(25)22-11-9-15-7-8-16(28-2)17(12-15)29-3/h7-8,12,14H,4-6,9-11,13H2,1-3H3,(H,22,25)(H,23,27). The van der Waals surface area contributed by atoms with Gasteiger partial charge in [-0.3, -0.25) is 14.5 Å². The van der Waals surface area contributed by atoms with Gasteiger partial charge < -0.3 is 20.1 Å².